The lowest BCUT2D eigenvalue weighted by Gasteiger charge is -2.36. The normalized spacial score (nSPS) is 27.3. The summed E-state index contributed by atoms with van der Waals surface area (Å²) in [6.07, 6.45) is 4.31. The lowest BCUT2D eigenvalue weighted by atomic mass is 9.70. The lowest BCUT2D eigenvalue weighted by Crippen LogP contribution is -2.25. The van der Waals surface area contributed by atoms with Crippen molar-refractivity contribution in [2.45, 2.75) is 78.2 Å². The zero-order valence-corrected chi connectivity index (χ0v) is 13.4. The largest absolute Gasteiger partial charge is 0.393 e. The summed E-state index contributed by atoms with van der Waals surface area (Å²) < 4.78 is 5.31. The van der Waals surface area contributed by atoms with E-state index in [1.807, 2.05) is 6.92 Å². The fourth-order valence-electron chi connectivity index (χ4n) is 3.02. The van der Waals surface area contributed by atoms with Crippen LogP contribution in [0.15, 0.2) is 4.52 Å². The molecule has 1 N–H and O–H groups in total. The van der Waals surface area contributed by atoms with E-state index >= 15 is 0 Å². The Kier molecular flexibility index (Phi) is 4.52. The topological polar surface area (TPSA) is 59.2 Å². The molecule has 0 bridgehead atoms. The molecule has 1 saturated carbocycles. The molecule has 1 aromatic heterocycles. The van der Waals surface area contributed by atoms with Crippen molar-refractivity contribution < 1.29 is 9.63 Å². The first kappa shape index (κ1) is 15.5. The van der Waals surface area contributed by atoms with E-state index in [1.54, 1.807) is 6.92 Å². The summed E-state index contributed by atoms with van der Waals surface area (Å²) in [4.78, 5) is 4.50. The van der Waals surface area contributed by atoms with Gasteiger partial charge >= 0.3 is 0 Å². The van der Waals surface area contributed by atoms with Crippen molar-refractivity contribution in [2.24, 2.45) is 11.3 Å². The van der Waals surface area contributed by atoms with E-state index in [4.69, 9.17) is 4.52 Å². The Morgan fingerprint density at radius 1 is 1.15 bits per heavy atom. The molecule has 2 unspecified atom stereocenters. The predicted octanol–water partition coefficient (Wildman–Crippen LogP) is 3.87. The summed E-state index contributed by atoms with van der Waals surface area (Å²) in [5.74, 6) is 2.52. The van der Waals surface area contributed by atoms with Crippen molar-refractivity contribution in [2.75, 3.05) is 0 Å². The third-order valence-corrected chi connectivity index (χ3v) is 4.89. The van der Waals surface area contributed by atoms with Crippen LogP contribution in [0.4, 0.5) is 0 Å². The first-order valence-electron chi connectivity index (χ1n) is 7.80. The number of hydrogen-bond acceptors (Lipinski definition) is 4. The number of nitrogens with zero attached hydrogens (tertiary/aromatic N) is 2. The zero-order chi connectivity index (χ0) is 14.9. The number of hydrogen-bond donors (Lipinski definition) is 1. The third kappa shape index (κ3) is 3.40. The van der Waals surface area contributed by atoms with E-state index < -0.39 is 6.10 Å². The minimum atomic E-state index is -0.458. The molecule has 1 aliphatic rings. The Bertz CT molecular complexity index is 426. The second-order valence-electron chi connectivity index (χ2n) is 7.43. The van der Waals surface area contributed by atoms with Gasteiger partial charge in [-0.05, 0) is 43.9 Å². The maximum absolute atomic E-state index is 9.59. The fraction of sp³-hybridized carbons (Fsp3) is 0.875. The van der Waals surface area contributed by atoms with E-state index in [0.717, 1.165) is 24.6 Å². The van der Waals surface area contributed by atoms with Crippen LogP contribution >= 0.6 is 0 Å². The van der Waals surface area contributed by atoms with Gasteiger partial charge in [-0.2, -0.15) is 4.98 Å². The molecule has 0 saturated heterocycles. The van der Waals surface area contributed by atoms with Crippen molar-refractivity contribution in [3.8, 4) is 0 Å². The molecule has 1 aromatic rings. The van der Waals surface area contributed by atoms with E-state index in [1.165, 1.54) is 12.8 Å². The quantitative estimate of drug-likeness (QED) is 0.913. The SMILES string of the molecule is CC(O)C(C)c1nc(C2CCC(C(C)(C)C)CC2)no1. The van der Waals surface area contributed by atoms with Crippen LogP contribution in [0.3, 0.4) is 0 Å². The predicted molar refractivity (Wildman–Crippen MR) is 78.5 cm³/mol. The van der Waals surface area contributed by atoms with Crippen LogP contribution in [0.5, 0.6) is 0 Å². The second kappa shape index (κ2) is 5.84. The average Bonchev–Trinajstić information content (AvgIpc) is 2.86. The first-order chi connectivity index (χ1) is 9.29. The summed E-state index contributed by atoms with van der Waals surface area (Å²) in [6.45, 7) is 10.7. The molecular weight excluding hydrogens is 252 g/mol. The molecule has 1 heterocycles. The monoisotopic (exact) mass is 280 g/mol. The number of aromatic nitrogens is 2. The summed E-state index contributed by atoms with van der Waals surface area (Å²) in [5.41, 5.74) is 0.397. The van der Waals surface area contributed by atoms with Crippen LogP contribution in [0.1, 0.15) is 83.9 Å². The highest BCUT2D eigenvalue weighted by atomic mass is 16.5. The molecule has 1 fully saturated rings. The molecule has 2 atom stereocenters. The molecule has 1 aliphatic carbocycles. The Hall–Kier alpha value is -0.900. The third-order valence-electron chi connectivity index (χ3n) is 4.89. The first-order valence-corrected chi connectivity index (χ1v) is 7.80. The van der Waals surface area contributed by atoms with Gasteiger partial charge in [0.2, 0.25) is 5.89 Å². The molecule has 20 heavy (non-hydrogen) atoms. The van der Waals surface area contributed by atoms with E-state index in [2.05, 4.69) is 30.9 Å². The van der Waals surface area contributed by atoms with Crippen molar-refractivity contribution in [3.63, 3.8) is 0 Å². The molecule has 2 rings (SSSR count). The number of aliphatic hydroxyl groups excluding tert-OH is 1. The minimum Gasteiger partial charge on any atom is -0.393 e. The summed E-state index contributed by atoms with van der Waals surface area (Å²) in [6, 6.07) is 0. The van der Waals surface area contributed by atoms with Gasteiger partial charge in [0.15, 0.2) is 5.82 Å². The summed E-state index contributed by atoms with van der Waals surface area (Å²) in [5, 5.41) is 13.7. The van der Waals surface area contributed by atoms with Gasteiger partial charge in [-0.1, -0.05) is 32.9 Å². The zero-order valence-electron chi connectivity index (χ0n) is 13.4. The number of aliphatic hydroxyl groups is 1. The van der Waals surface area contributed by atoms with Crippen molar-refractivity contribution >= 4 is 0 Å². The Balaban J connectivity index is 1.98. The van der Waals surface area contributed by atoms with Gasteiger partial charge in [0.1, 0.15) is 0 Å². The van der Waals surface area contributed by atoms with Gasteiger partial charge in [-0.3, -0.25) is 0 Å². The molecule has 0 aromatic carbocycles. The standard InChI is InChI=1S/C16H28N2O2/c1-10(11(2)19)15-17-14(18-20-15)12-6-8-13(9-7-12)16(3,4)5/h10-13,19H,6-9H2,1-5H3. The van der Waals surface area contributed by atoms with Gasteiger partial charge < -0.3 is 9.63 Å². The Labute approximate surface area is 122 Å². The van der Waals surface area contributed by atoms with E-state index in [0.29, 0.717) is 17.2 Å². The molecule has 0 aliphatic heterocycles. The fourth-order valence-corrected chi connectivity index (χ4v) is 3.02. The van der Waals surface area contributed by atoms with E-state index in [9.17, 15) is 5.11 Å². The molecule has 0 spiro atoms. The van der Waals surface area contributed by atoms with Crippen LogP contribution in [0.25, 0.3) is 0 Å². The second-order valence-corrected chi connectivity index (χ2v) is 7.43. The highest BCUT2D eigenvalue weighted by molar-refractivity contribution is 5.01. The summed E-state index contributed by atoms with van der Waals surface area (Å²) >= 11 is 0. The maximum Gasteiger partial charge on any atom is 0.232 e. The summed E-state index contributed by atoms with van der Waals surface area (Å²) in [7, 11) is 0. The maximum atomic E-state index is 9.59. The van der Waals surface area contributed by atoms with Crippen LogP contribution in [-0.2, 0) is 0 Å². The lowest BCUT2D eigenvalue weighted by molar-refractivity contribution is 0.151. The Morgan fingerprint density at radius 2 is 1.75 bits per heavy atom. The molecule has 0 radical (unpaired) electrons. The van der Waals surface area contributed by atoms with Gasteiger partial charge in [0.05, 0.1) is 12.0 Å². The molecule has 114 valence electrons. The molecule has 4 heteroatoms. The van der Waals surface area contributed by atoms with Gasteiger partial charge in [-0.15, -0.1) is 0 Å². The number of rotatable bonds is 3. The van der Waals surface area contributed by atoms with Crippen molar-refractivity contribution in [1.29, 1.82) is 0 Å². The van der Waals surface area contributed by atoms with Crippen LogP contribution in [0.2, 0.25) is 0 Å². The minimum absolute atomic E-state index is 0.0952. The van der Waals surface area contributed by atoms with Crippen LogP contribution in [0, 0.1) is 11.3 Å². The van der Waals surface area contributed by atoms with Gasteiger partial charge in [-0.25, -0.2) is 0 Å². The molecule has 0 amide bonds. The van der Waals surface area contributed by atoms with E-state index in [-0.39, 0.29) is 5.92 Å². The average molecular weight is 280 g/mol. The smallest absolute Gasteiger partial charge is 0.232 e. The van der Waals surface area contributed by atoms with Gasteiger partial charge in [0, 0.05) is 5.92 Å². The Morgan fingerprint density at radius 3 is 2.25 bits per heavy atom. The van der Waals surface area contributed by atoms with Crippen molar-refractivity contribution in [1.82, 2.24) is 10.1 Å². The van der Waals surface area contributed by atoms with Crippen LogP contribution < -0.4 is 0 Å². The molecular formula is C16H28N2O2. The van der Waals surface area contributed by atoms with Gasteiger partial charge in [0.25, 0.3) is 0 Å². The highest BCUT2D eigenvalue weighted by Crippen LogP contribution is 2.42. The van der Waals surface area contributed by atoms with Crippen molar-refractivity contribution in [3.05, 3.63) is 11.7 Å². The van der Waals surface area contributed by atoms with Crippen LogP contribution in [-0.4, -0.2) is 21.4 Å². The molecule has 4 nitrogen and oxygen atoms in total. The highest BCUT2D eigenvalue weighted by Gasteiger charge is 2.32.